The highest BCUT2D eigenvalue weighted by atomic mass is 32.1. The summed E-state index contributed by atoms with van der Waals surface area (Å²) < 4.78 is 35.8. The second-order valence-electron chi connectivity index (χ2n) is 5.85. The molecule has 8 nitrogen and oxygen atoms in total. The van der Waals surface area contributed by atoms with Gasteiger partial charge in [0, 0.05) is 6.42 Å². The Bertz CT molecular complexity index is 792. The number of hydrogen-bond acceptors (Lipinski definition) is 7. The van der Waals surface area contributed by atoms with E-state index in [2.05, 4.69) is 10.1 Å². The van der Waals surface area contributed by atoms with Gasteiger partial charge in [-0.15, -0.1) is 11.3 Å². The second kappa shape index (κ2) is 7.99. The van der Waals surface area contributed by atoms with Gasteiger partial charge < -0.3 is 20.5 Å². The highest BCUT2D eigenvalue weighted by Crippen LogP contribution is 2.44. The van der Waals surface area contributed by atoms with Gasteiger partial charge in [-0.2, -0.15) is 0 Å². The van der Waals surface area contributed by atoms with E-state index in [1.165, 1.54) is 6.92 Å². The Morgan fingerprint density at radius 3 is 2.44 bits per heavy atom. The lowest BCUT2D eigenvalue weighted by Crippen LogP contribution is -2.45. The molecule has 0 spiro atoms. The van der Waals surface area contributed by atoms with Crippen LogP contribution in [0.2, 0.25) is 0 Å². The second-order valence-corrected chi connectivity index (χ2v) is 6.87. The highest BCUT2D eigenvalue weighted by Gasteiger charge is 2.53. The van der Waals surface area contributed by atoms with E-state index < -0.39 is 48.6 Å². The number of ether oxygens (including phenoxy) is 2. The van der Waals surface area contributed by atoms with Gasteiger partial charge in [0.25, 0.3) is 17.7 Å². The molecule has 1 aliphatic carbocycles. The van der Waals surface area contributed by atoms with Gasteiger partial charge in [-0.3, -0.25) is 14.4 Å². The molecule has 0 aromatic carbocycles. The lowest BCUT2D eigenvalue weighted by Gasteiger charge is -2.33. The largest absolute Gasteiger partial charge is 0.462 e. The van der Waals surface area contributed by atoms with Crippen molar-refractivity contribution in [3.63, 3.8) is 0 Å². The van der Waals surface area contributed by atoms with Crippen LogP contribution < -0.4 is 11.1 Å². The fourth-order valence-corrected chi connectivity index (χ4v) is 3.55. The summed E-state index contributed by atoms with van der Waals surface area (Å²) in [6.45, 7) is 2.32. The number of esters is 2. The van der Waals surface area contributed by atoms with Crippen molar-refractivity contribution in [3.05, 3.63) is 16.0 Å². The van der Waals surface area contributed by atoms with Crippen molar-refractivity contribution >= 4 is 40.1 Å². The van der Waals surface area contributed by atoms with Gasteiger partial charge in [0.15, 0.2) is 6.61 Å². The van der Waals surface area contributed by atoms with E-state index in [1.54, 1.807) is 6.92 Å². The summed E-state index contributed by atoms with van der Waals surface area (Å²) in [7, 11) is 0. The average molecular weight is 404 g/mol. The fourth-order valence-electron chi connectivity index (χ4n) is 2.48. The van der Waals surface area contributed by atoms with Crippen LogP contribution in [0, 0.1) is 12.8 Å². The lowest BCUT2D eigenvalue weighted by atomic mass is 9.81. The number of anilines is 1. The summed E-state index contributed by atoms with van der Waals surface area (Å²) in [5, 5.41) is 2.32. The van der Waals surface area contributed by atoms with E-state index in [4.69, 9.17) is 10.5 Å². The third kappa shape index (κ3) is 4.41. The van der Waals surface area contributed by atoms with Crippen molar-refractivity contribution in [2.24, 2.45) is 11.7 Å². The van der Waals surface area contributed by atoms with Crippen LogP contribution in [0.1, 0.15) is 45.4 Å². The number of carbonyl (C=O) groups excluding carboxylic acids is 4. The van der Waals surface area contributed by atoms with Gasteiger partial charge in [0.05, 0.1) is 17.0 Å². The molecule has 2 amide bonds. The van der Waals surface area contributed by atoms with Crippen LogP contribution in [0.4, 0.5) is 13.8 Å². The van der Waals surface area contributed by atoms with Crippen LogP contribution in [0.15, 0.2) is 0 Å². The fraction of sp³-hybridized carbons (Fsp3) is 0.500. The number of nitrogens with one attached hydrogen (secondary N) is 1. The lowest BCUT2D eigenvalue weighted by molar-refractivity contribution is -0.184. The monoisotopic (exact) mass is 404 g/mol. The van der Waals surface area contributed by atoms with Crippen LogP contribution >= 0.6 is 11.3 Å². The Morgan fingerprint density at radius 1 is 1.30 bits per heavy atom. The van der Waals surface area contributed by atoms with E-state index in [0.717, 1.165) is 11.3 Å². The molecule has 1 fully saturated rings. The molecule has 1 aromatic heterocycles. The first kappa shape index (κ1) is 20.7. The van der Waals surface area contributed by atoms with Crippen LogP contribution in [-0.2, 0) is 19.1 Å². The molecule has 0 bridgehead atoms. The van der Waals surface area contributed by atoms with Gasteiger partial charge in [0.2, 0.25) is 0 Å². The third-order valence-corrected chi connectivity index (χ3v) is 5.23. The first-order valence-corrected chi connectivity index (χ1v) is 8.84. The number of halogens is 2. The van der Waals surface area contributed by atoms with Crippen LogP contribution in [-0.4, -0.2) is 42.9 Å². The molecule has 0 aliphatic heterocycles. The minimum absolute atomic E-state index is 0.00484. The van der Waals surface area contributed by atoms with Crippen LogP contribution in [0.5, 0.6) is 0 Å². The molecule has 1 aromatic rings. The summed E-state index contributed by atoms with van der Waals surface area (Å²) in [6, 6.07) is 0. The number of thiophene rings is 1. The third-order valence-electron chi connectivity index (χ3n) is 4.01. The zero-order valence-corrected chi connectivity index (χ0v) is 15.4. The molecule has 1 unspecified atom stereocenters. The number of hydrogen-bond donors (Lipinski definition) is 2. The Labute approximate surface area is 157 Å². The molecule has 1 heterocycles. The Kier molecular flexibility index (Phi) is 6.14. The minimum Gasteiger partial charge on any atom is -0.462 e. The predicted molar refractivity (Wildman–Crippen MR) is 90.8 cm³/mol. The van der Waals surface area contributed by atoms with Gasteiger partial charge >= 0.3 is 11.9 Å². The number of amides is 2. The minimum atomic E-state index is -3.12. The van der Waals surface area contributed by atoms with Gasteiger partial charge in [-0.05, 0) is 25.8 Å². The summed E-state index contributed by atoms with van der Waals surface area (Å²) >= 11 is 0.765. The summed E-state index contributed by atoms with van der Waals surface area (Å²) in [5.41, 5.74) is 5.45. The normalized spacial score (nSPS) is 17.6. The maximum absolute atomic E-state index is 13.2. The van der Waals surface area contributed by atoms with Gasteiger partial charge in [-0.1, -0.05) is 0 Å². The van der Waals surface area contributed by atoms with Crippen molar-refractivity contribution in [1.29, 1.82) is 0 Å². The number of primary amides is 1. The zero-order chi connectivity index (χ0) is 20.4. The van der Waals surface area contributed by atoms with E-state index in [9.17, 15) is 28.0 Å². The molecule has 27 heavy (non-hydrogen) atoms. The molecular formula is C16H18F2N2O6S. The van der Waals surface area contributed by atoms with Crippen molar-refractivity contribution in [2.75, 3.05) is 18.5 Å². The summed E-state index contributed by atoms with van der Waals surface area (Å²) in [4.78, 5) is 47.2. The quantitative estimate of drug-likeness (QED) is 0.669. The van der Waals surface area contributed by atoms with E-state index in [0.29, 0.717) is 0 Å². The smallest absolute Gasteiger partial charge is 0.341 e. The Hall–Kier alpha value is -2.56. The Balaban J connectivity index is 2.08. The zero-order valence-electron chi connectivity index (χ0n) is 14.6. The SMILES string of the molecule is CCOC(=O)c1c(NC(=O)COC(=O)C2CCC2(F)F)sc(C(N)=O)c1C. The summed E-state index contributed by atoms with van der Waals surface area (Å²) in [5.74, 6) is -8.24. The molecule has 0 saturated heterocycles. The molecule has 148 valence electrons. The van der Waals surface area contributed by atoms with E-state index in [-0.39, 0.29) is 34.0 Å². The topological polar surface area (TPSA) is 125 Å². The number of carbonyl (C=O) groups is 4. The highest BCUT2D eigenvalue weighted by molar-refractivity contribution is 7.18. The number of nitrogens with two attached hydrogens (primary N) is 1. The molecule has 1 atom stereocenters. The van der Waals surface area contributed by atoms with Crippen molar-refractivity contribution in [2.45, 2.75) is 32.6 Å². The van der Waals surface area contributed by atoms with Gasteiger partial charge in [0.1, 0.15) is 10.9 Å². The standard InChI is InChI=1S/C16H18F2N2O6S/c1-3-25-15(24)10-7(2)11(12(19)22)27-13(10)20-9(21)6-26-14(23)8-4-5-16(8,17)18/h8H,3-6H2,1-2H3,(H2,19,22)(H,20,21). The maximum atomic E-state index is 13.2. The molecule has 1 aliphatic rings. The van der Waals surface area contributed by atoms with Gasteiger partial charge in [-0.25, -0.2) is 13.6 Å². The molecule has 0 radical (unpaired) electrons. The first-order valence-electron chi connectivity index (χ1n) is 8.03. The van der Waals surface area contributed by atoms with E-state index in [1.807, 2.05) is 0 Å². The molecule has 2 rings (SSSR count). The molecular weight excluding hydrogens is 386 g/mol. The Morgan fingerprint density at radius 2 is 1.96 bits per heavy atom. The number of rotatable bonds is 7. The predicted octanol–water partition coefficient (Wildman–Crippen LogP) is 1.86. The first-order chi connectivity index (χ1) is 12.6. The molecule has 3 N–H and O–H groups in total. The molecule has 11 heteroatoms. The van der Waals surface area contributed by atoms with Crippen molar-refractivity contribution in [3.8, 4) is 0 Å². The van der Waals surface area contributed by atoms with Crippen molar-refractivity contribution < 1.29 is 37.4 Å². The number of alkyl halides is 2. The average Bonchev–Trinajstić information content (AvgIpc) is 2.88. The summed E-state index contributed by atoms with van der Waals surface area (Å²) in [6.07, 6.45) is -0.404. The van der Waals surface area contributed by atoms with Crippen LogP contribution in [0.25, 0.3) is 0 Å². The van der Waals surface area contributed by atoms with E-state index >= 15 is 0 Å². The maximum Gasteiger partial charge on any atom is 0.341 e. The molecule has 1 saturated carbocycles. The van der Waals surface area contributed by atoms with Crippen molar-refractivity contribution in [1.82, 2.24) is 0 Å². The van der Waals surface area contributed by atoms with Crippen LogP contribution in [0.3, 0.4) is 0 Å².